The van der Waals surface area contributed by atoms with Gasteiger partial charge in [0.15, 0.2) is 0 Å². The maximum absolute atomic E-state index is 11.8. The van der Waals surface area contributed by atoms with Gasteiger partial charge in [-0.2, -0.15) is 5.26 Å². The molecule has 2 aliphatic rings. The maximum Gasteiger partial charge on any atom is 0.332 e. The van der Waals surface area contributed by atoms with Crippen molar-refractivity contribution in [1.29, 1.82) is 5.26 Å². The fourth-order valence-corrected chi connectivity index (χ4v) is 5.70. The number of rotatable bonds is 12. The number of esters is 1. The molecule has 3 heterocycles. The van der Waals surface area contributed by atoms with Gasteiger partial charge in [-0.15, -0.1) is 0 Å². The predicted octanol–water partition coefficient (Wildman–Crippen LogP) is 5.59. The average Bonchev–Trinajstić information content (AvgIpc) is 2.98. The largest absolute Gasteiger partial charge is 0.458 e. The minimum absolute atomic E-state index is 0.0376. The Bertz CT molecular complexity index is 1250. The summed E-state index contributed by atoms with van der Waals surface area (Å²) in [6.07, 6.45) is 7.16. The molecule has 2 fully saturated rings. The molecule has 0 bridgehead atoms. The van der Waals surface area contributed by atoms with Crippen LogP contribution in [-0.2, 0) is 19.0 Å². The molecular weight excluding hydrogens is 568 g/mol. The Morgan fingerprint density at radius 2 is 1.91 bits per heavy atom. The maximum atomic E-state index is 11.8. The van der Waals surface area contributed by atoms with Gasteiger partial charge in [0.05, 0.1) is 28.8 Å². The molecule has 0 amide bonds. The van der Waals surface area contributed by atoms with E-state index in [2.05, 4.69) is 33.9 Å². The van der Waals surface area contributed by atoms with Crippen molar-refractivity contribution in [2.45, 2.75) is 89.9 Å². The van der Waals surface area contributed by atoms with Crippen molar-refractivity contribution in [3.8, 4) is 17.3 Å². The summed E-state index contributed by atoms with van der Waals surface area (Å²) in [4.78, 5) is 21.2. The van der Waals surface area contributed by atoms with Crippen LogP contribution in [-0.4, -0.2) is 72.6 Å². The third-order valence-electron chi connectivity index (χ3n) is 7.78. The second kappa shape index (κ2) is 15.2. The molecule has 43 heavy (non-hydrogen) atoms. The Kier molecular flexibility index (Phi) is 11.6. The zero-order valence-electron chi connectivity index (χ0n) is 25.7. The van der Waals surface area contributed by atoms with Gasteiger partial charge < -0.3 is 30.2 Å². The van der Waals surface area contributed by atoms with Crippen LogP contribution in [0.25, 0.3) is 11.3 Å². The molecule has 0 aromatic carbocycles. The van der Waals surface area contributed by atoms with Crippen LogP contribution in [0.2, 0.25) is 5.02 Å². The van der Waals surface area contributed by atoms with E-state index in [1.807, 2.05) is 45.0 Å². The fourth-order valence-electron chi connectivity index (χ4n) is 5.50. The quantitative estimate of drug-likeness (QED) is 0.261. The van der Waals surface area contributed by atoms with Gasteiger partial charge in [0.25, 0.3) is 0 Å². The van der Waals surface area contributed by atoms with Crippen LogP contribution in [0.15, 0.2) is 30.5 Å². The second-order valence-electron chi connectivity index (χ2n) is 12.7. The van der Waals surface area contributed by atoms with E-state index >= 15 is 0 Å². The molecule has 1 saturated heterocycles. The van der Waals surface area contributed by atoms with Crippen molar-refractivity contribution in [2.24, 2.45) is 5.41 Å². The zero-order valence-corrected chi connectivity index (χ0v) is 26.5. The number of nitriles is 1. The number of nitrogens with one attached hydrogen (secondary N) is 3. The highest BCUT2D eigenvalue weighted by molar-refractivity contribution is 6.33. The number of ether oxygens (including phenoxy) is 3. The number of carbonyl (C=O) groups excluding carboxylic acids is 1. The van der Waals surface area contributed by atoms with E-state index in [0.29, 0.717) is 62.1 Å². The van der Waals surface area contributed by atoms with E-state index in [1.165, 1.54) is 0 Å². The SMILES string of the molecule is C[C@H](COCC(=O)OC(C)(C)C)NC1CCC(Nc2cc(-c3cccc(NCC4(C#N)CCOCC4)n3)c(Cl)cn2)CC1. The number of hydrogen-bond donors (Lipinski definition) is 3. The summed E-state index contributed by atoms with van der Waals surface area (Å²) >= 11 is 6.57. The normalized spacial score (nSPS) is 20.9. The minimum atomic E-state index is -0.506. The van der Waals surface area contributed by atoms with Crippen LogP contribution in [0.3, 0.4) is 0 Å². The number of pyridine rings is 2. The highest BCUT2D eigenvalue weighted by Gasteiger charge is 2.32. The lowest BCUT2D eigenvalue weighted by Crippen LogP contribution is -2.43. The average molecular weight is 613 g/mol. The number of nitrogens with zero attached hydrogens (tertiary/aromatic N) is 3. The lowest BCUT2D eigenvalue weighted by atomic mass is 9.82. The third-order valence-corrected chi connectivity index (χ3v) is 8.08. The summed E-state index contributed by atoms with van der Waals surface area (Å²) in [6, 6.07) is 11.1. The number of anilines is 2. The number of hydrogen-bond acceptors (Lipinski definition) is 10. The van der Waals surface area contributed by atoms with Gasteiger partial charge in [0.2, 0.25) is 0 Å². The minimum Gasteiger partial charge on any atom is -0.458 e. The van der Waals surface area contributed by atoms with Gasteiger partial charge in [-0.1, -0.05) is 17.7 Å². The van der Waals surface area contributed by atoms with Gasteiger partial charge in [-0.3, -0.25) is 0 Å². The Balaban J connectivity index is 1.25. The highest BCUT2D eigenvalue weighted by Crippen LogP contribution is 2.32. The van der Waals surface area contributed by atoms with Crippen LogP contribution >= 0.6 is 11.6 Å². The zero-order chi connectivity index (χ0) is 30.9. The van der Waals surface area contributed by atoms with Gasteiger partial charge >= 0.3 is 5.97 Å². The number of carbonyl (C=O) groups is 1. The van der Waals surface area contributed by atoms with E-state index < -0.39 is 11.0 Å². The molecule has 4 rings (SSSR count). The smallest absolute Gasteiger partial charge is 0.332 e. The fraction of sp³-hybridized carbons (Fsp3) is 0.625. The van der Waals surface area contributed by atoms with E-state index in [1.54, 1.807) is 6.20 Å². The third kappa shape index (κ3) is 10.3. The first-order chi connectivity index (χ1) is 20.5. The van der Waals surface area contributed by atoms with Crippen molar-refractivity contribution >= 4 is 29.2 Å². The first-order valence-corrected chi connectivity index (χ1v) is 15.6. The van der Waals surface area contributed by atoms with Crippen LogP contribution in [0.1, 0.15) is 66.2 Å². The molecular formula is C32H45ClN6O4. The summed E-state index contributed by atoms with van der Waals surface area (Å²) in [5.41, 5.74) is 0.602. The van der Waals surface area contributed by atoms with Gasteiger partial charge in [-0.05, 0) is 84.4 Å². The molecule has 0 spiro atoms. The van der Waals surface area contributed by atoms with Crippen molar-refractivity contribution in [3.63, 3.8) is 0 Å². The van der Waals surface area contributed by atoms with Crippen LogP contribution in [0, 0.1) is 16.7 Å². The summed E-state index contributed by atoms with van der Waals surface area (Å²) in [6.45, 7) is 9.76. The lowest BCUT2D eigenvalue weighted by molar-refractivity contribution is -0.160. The van der Waals surface area contributed by atoms with Crippen LogP contribution in [0.5, 0.6) is 0 Å². The molecule has 2 aromatic heterocycles. The summed E-state index contributed by atoms with van der Waals surface area (Å²) in [5, 5.41) is 20.9. The van der Waals surface area contributed by atoms with Crippen molar-refractivity contribution in [2.75, 3.05) is 43.6 Å². The van der Waals surface area contributed by atoms with E-state index in [4.69, 9.17) is 30.8 Å². The Morgan fingerprint density at radius 3 is 2.60 bits per heavy atom. The van der Waals surface area contributed by atoms with Crippen molar-refractivity contribution < 1.29 is 19.0 Å². The molecule has 0 radical (unpaired) electrons. The Hall–Kier alpha value is -2.97. The van der Waals surface area contributed by atoms with E-state index in [9.17, 15) is 10.1 Å². The molecule has 0 unspecified atom stereocenters. The molecule has 1 aliphatic heterocycles. The van der Waals surface area contributed by atoms with Crippen LogP contribution in [0.4, 0.5) is 11.6 Å². The summed E-state index contributed by atoms with van der Waals surface area (Å²) in [7, 11) is 0. The number of aromatic nitrogens is 2. The van der Waals surface area contributed by atoms with Crippen molar-refractivity contribution in [1.82, 2.24) is 15.3 Å². The number of halogens is 1. The van der Waals surface area contributed by atoms with Crippen molar-refractivity contribution in [3.05, 3.63) is 35.5 Å². The molecule has 3 N–H and O–H groups in total. The Morgan fingerprint density at radius 1 is 1.19 bits per heavy atom. The topological polar surface area (TPSA) is 130 Å². The molecule has 2 aromatic rings. The standard InChI is InChI=1S/C32H45ClN6O4/c1-22(18-42-19-30(40)43-31(2,3)4)37-23-8-10-24(11-9-23)38-29-16-25(26(33)17-35-29)27-6-5-7-28(39-27)36-21-32(20-34)12-14-41-15-13-32/h5-7,16-17,22-24,37H,8-15,18-19,21H2,1-4H3,(H,35,38)(H,36,39)/t22-,23?,24?/m1/s1. The molecule has 1 aliphatic carbocycles. The molecule has 11 heteroatoms. The van der Waals surface area contributed by atoms with Crippen LogP contribution < -0.4 is 16.0 Å². The Labute approximate surface area is 260 Å². The van der Waals surface area contributed by atoms with Gasteiger partial charge in [0, 0.05) is 49.6 Å². The highest BCUT2D eigenvalue weighted by atomic mass is 35.5. The predicted molar refractivity (Wildman–Crippen MR) is 168 cm³/mol. The van der Waals surface area contributed by atoms with E-state index in [0.717, 1.165) is 42.8 Å². The van der Waals surface area contributed by atoms with Gasteiger partial charge in [0.1, 0.15) is 23.8 Å². The first-order valence-electron chi connectivity index (χ1n) is 15.2. The molecule has 1 saturated carbocycles. The molecule has 234 valence electrons. The first kappa shape index (κ1) is 32.9. The second-order valence-corrected chi connectivity index (χ2v) is 13.1. The van der Waals surface area contributed by atoms with E-state index in [-0.39, 0.29) is 18.6 Å². The van der Waals surface area contributed by atoms with Gasteiger partial charge in [-0.25, -0.2) is 14.8 Å². The monoisotopic (exact) mass is 612 g/mol. The summed E-state index contributed by atoms with van der Waals surface area (Å²) < 4.78 is 16.3. The summed E-state index contributed by atoms with van der Waals surface area (Å²) in [5.74, 6) is 1.13. The lowest BCUT2D eigenvalue weighted by Gasteiger charge is -2.32. The molecule has 10 nitrogen and oxygen atoms in total. The molecule has 1 atom stereocenters.